The standard InChI is InChI=1S/C16H15NO4/c1-11(18)17-14-5-3-4-6-15(14)21-16(19)12-7-9-13(20-2)10-8-12/h3-10H,1-2H3,(H,17,18). The summed E-state index contributed by atoms with van der Waals surface area (Å²) in [5.74, 6) is 0.220. The highest BCUT2D eigenvalue weighted by molar-refractivity contribution is 5.94. The highest BCUT2D eigenvalue weighted by Gasteiger charge is 2.12. The Bertz CT molecular complexity index is 650. The number of anilines is 1. The van der Waals surface area contributed by atoms with Gasteiger partial charge in [0.1, 0.15) is 5.75 Å². The molecule has 0 saturated heterocycles. The Morgan fingerprint density at radius 1 is 1.00 bits per heavy atom. The van der Waals surface area contributed by atoms with E-state index in [0.717, 1.165) is 0 Å². The highest BCUT2D eigenvalue weighted by Crippen LogP contribution is 2.25. The molecule has 21 heavy (non-hydrogen) atoms. The van der Waals surface area contributed by atoms with Crippen molar-refractivity contribution >= 4 is 17.6 Å². The molecule has 2 aromatic rings. The molecule has 0 bridgehead atoms. The van der Waals surface area contributed by atoms with E-state index in [-0.39, 0.29) is 5.91 Å². The molecule has 0 aromatic heterocycles. The number of amides is 1. The minimum Gasteiger partial charge on any atom is -0.497 e. The van der Waals surface area contributed by atoms with Crippen molar-refractivity contribution in [3.05, 3.63) is 54.1 Å². The zero-order chi connectivity index (χ0) is 15.2. The number of para-hydroxylation sites is 2. The van der Waals surface area contributed by atoms with Crippen LogP contribution in [0.1, 0.15) is 17.3 Å². The van der Waals surface area contributed by atoms with E-state index in [1.165, 1.54) is 6.92 Å². The van der Waals surface area contributed by atoms with Gasteiger partial charge in [0.15, 0.2) is 5.75 Å². The van der Waals surface area contributed by atoms with Gasteiger partial charge in [-0.05, 0) is 36.4 Å². The smallest absolute Gasteiger partial charge is 0.343 e. The molecule has 0 fully saturated rings. The number of nitrogens with one attached hydrogen (secondary N) is 1. The first-order valence-electron chi connectivity index (χ1n) is 6.33. The molecule has 2 aromatic carbocycles. The van der Waals surface area contributed by atoms with Crippen LogP contribution in [-0.4, -0.2) is 19.0 Å². The van der Waals surface area contributed by atoms with E-state index < -0.39 is 5.97 Å². The largest absolute Gasteiger partial charge is 0.497 e. The van der Waals surface area contributed by atoms with Crippen LogP contribution < -0.4 is 14.8 Å². The summed E-state index contributed by atoms with van der Waals surface area (Å²) in [5, 5.41) is 2.61. The second-order valence-corrected chi connectivity index (χ2v) is 4.30. The van der Waals surface area contributed by atoms with Gasteiger partial charge in [-0.2, -0.15) is 0 Å². The van der Waals surface area contributed by atoms with Crippen LogP contribution in [0.25, 0.3) is 0 Å². The molecule has 1 amide bonds. The number of carbonyl (C=O) groups excluding carboxylic acids is 2. The van der Waals surface area contributed by atoms with Gasteiger partial charge in [-0.1, -0.05) is 12.1 Å². The van der Waals surface area contributed by atoms with Crippen LogP contribution in [-0.2, 0) is 4.79 Å². The Labute approximate surface area is 122 Å². The fraction of sp³-hybridized carbons (Fsp3) is 0.125. The Hall–Kier alpha value is -2.82. The number of carbonyl (C=O) groups is 2. The molecule has 0 radical (unpaired) electrons. The highest BCUT2D eigenvalue weighted by atomic mass is 16.5. The average Bonchev–Trinajstić information content (AvgIpc) is 2.49. The predicted molar refractivity (Wildman–Crippen MR) is 78.7 cm³/mol. The van der Waals surface area contributed by atoms with E-state index in [1.54, 1.807) is 55.6 Å². The summed E-state index contributed by atoms with van der Waals surface area (Å²) in [6, 6.07) is 13.3. The van der Waals surface area contributed by atoms with Crippen molar-refractivity contribution in [2.45, 2.75) is 6.92 Å². The molecule has 1 N–H and O–H groups in total. The first-order valence-corrected chi connectivity index (χ1v) is 6.33. The van der Waals surface area contributed by atoms with Gasteiger partial charge in [0.2, 0.25) is 5.91 Å². The minimum absolute atomic E-state index is 0.233. The molecule has 108 valence electrons. The van der Waals surface area contributed by atoms with Gasteiger partial charge in [0.05, 0.1) is 18.4 Å². The van der Waals surface area contributed by atoms with Gasteiger partial charge in [-0.3, -0.25) is 4.79 Å². The van der Waals surface area contributed by atoms with Gasteiger partial charge in [0, 0.05) is 6.92 Å². The van der Waals surface area contributed by atoms with Crippen molar-refractivity contribution in [3.8, 4) is 11.5 Å². The summed E-state index contributed by atoms with van der Waals surface area (Å²) in [5.41, 5.74) is 0.847. The van der Waals surface area contributed by atoms with Gasteiger partial charge in [0.25, 0.3) is 0 Å². The van der Waals surface area contributed by atoms with Crippen molar-refractivity contribution in [2.24, 2.45) is 0 Å². The summed E-state index contributed by atoms with van der Waals surface area (Å²) < 4.78 is 10.3. The van der Waals surface area contributed by atoms with Crippen LogP contribution in [0, 0.1) is 0 Å². The number of benzene rings is 2. The van der Waals surface area contributed by atoms with Crippen molar-refractivity contribution in [1.82, 2.24) is 0 Å². The number of methoxy groups -OCH3 is 1. The van der Waals surface area contributed by atoms with Crippen molar-refractivity contribution in [3.63, 3.8) is 0 Å². The quantitative estimate of drug-likeness (QED) is 0.693. The Morgan fingerprint density at radius 2 is 1.67 bits per heavy atom. The van der Waals surface area contributed by atoms with E-state index in [1.807, 2.05) is 0 Å². The third-order valence-electron chi connectivity index (χ3n) is 2.73. The van der Waals surface area contributed by atoms with Gasteiger partial charge >= 0.3 is 5.97 Å². The van der Waals surface area contributed by atoms with Crippen molar-refractivity contribution < 1.29 is 19.1 Å². The van der Waals surface area contributed by atoms with Gasteiger partial charge in [-0.25, -0.2) is 4.79 Å². The number of rotatable bonds is 4. The van der Waals surface area contributed by atoms with Gasteiger partial charge < -0.3 is 14.8 Å². The second kappa shape index (κ2) is 6.56. The Morgan fingerprint density at radius 3 is 2.29 bits per heavy atom. The number of hydrogen-bond donors (Lipinski definition) is 1. The summed E-state index contributed by atoms with van der Waals surface area (Å²) in [7, 11) is 1.55. The van der Waals surface area contributed by atoms with Crippen LogP contribution in [0.3, 0.4) is 0 Å². The maximum absolute atomic E-state index is 12.1. The zero-order valence-electron chi connectivity index (χ0n) is 11.8. The molecule has 0 aliphatic heterocycles. The summed E-state index contributed by atoms with van der Waals surface area (Å²) >= 11 is 0. The van der Waals surface area contributed by atoms with E-state index >= 15 is 0 Å². The summed E-state index contributed by atoms with van der Waals surface area (Å²) in [6.45, 7) is 1.39. The van der Waals surface area contributed by atoms with Crippen LogP contribution >= 0.6 is 0 Å². The topological polar surface area (TPSA) is 64.6 Å². The molecular formula is C16H15NO4. The third-order valence-corrected chi connectivity index (χ3v) is 2.73. The Kier molecular flexibility index (Phi) is 4.56. The van der Waals surface area contributed by atoms with E-state index in [9.17, 15) is 9.59 Å². The lowest BCUT2D eigenvalue weighted by Crippen LogP contribution is -2.12. The van der Waals surface area contributed by atoms with Crippen LogP contribution in [0.4, 0.5) is 5.69 Å². The number of esters is 1. The normalized spacial score (nSPS) is 9.81. The second-order valence-electron chi connectivity index (χ2n) is 4.30. The van der Waals surface area contributed by atoms with Crippen LogP contribution in [0.5, 0.6) is 11.5 Å². The fourth-order valence-electron chi connectivity index (χ4n) is 1.73. The SMILES string of the molecule is COc1ccc(C(=O)Oc2ccccc2NC(C)=O)cc1. The van der Waals surface area contributed by atoms with Crippen LogP contribution in [0.2, 0.25) is 0 Å². The molecule has 5 heteroatoms. The molecule has 0 aliphatic carbocycles. The van der Waals surface area contributed by atoms with E-state index in [0.29, 0.717) is 22.7 Å². The average molecular weight is 285 g/mol. The lowest BCUT2D eigenvalue weighted by atomic mass is 10.2. The maximum Gasteiger partial charge on any atom is 0.343 e. The summed E-state index contributed by atoms with van der Waals surface area (Å²) in [4.78, 5) is 23.2. The lowest BCUT2D eigenvalue weighted by molar-refractivity contribution is -0.114. The van der Waals surface area contributed by atoms with Crippen molar-refractivity contribution in [2.75, 3.05) is 12.4 Å². The van der Waals surface area contributed by atoms with Crippen molar-refractivity contribution in [1.29, 1.82) is 0 Å². The zero-order valence-corrected chi connectivity index (χ0v) is 11.8. The molecule has 2 rings (SSSR count). The molecule has 5 nitrogen and oxygen atoms in total. The van der Waals surface area contributed by atoms with Gasteiger partial charge in [-0.15, -0.1) is 0 Å². The van der Waals surface area contributed by atoms with Crippen LogP contribution in [0.15, 0.2) is 48.5 Å². The molecule has 0 unspecified atom stereocenters. The fourth-order valence-corrected chi connectivity index (χ4v) is 1.73. The molecule has 0 spiro atoms. The first kappa shape index (κ1) is 14.6. The molecule has 0 saturated carbocycles. The van der Waals surface area contributed by atoms with E-state index in [4.69, 9.17) is 9.47 Å². The molecule has 0 heterocycles. The predicted octanol–water partition coefficient (Wildman–Crippen LogP) is 2.87. The Balaban J connectivity index is 2.17. The number of hydrogen-bond acceptors (Lipinski definition) is 4. The third kappa shape index (κ3) is 3.82. The summed E-state index contributed by atoms with van der Waals surface area (Å²) in [6.07, 6.45) is 0. The number of ether oxygens (including phenoxy) is 2. The maximum atomic E-state index is 12.1. The molecule has 0 atom stereocenters. The monoisotopic (exact) mass is 285 g/mol. The minimum atomic E-state index is -0.504. The molecular weight excluding hydrogens is 270 g/mol. The lowest BCUT2D eigenvalue weighted by Gasteiger charge is -2.10. The molecule has 0 aliphatic rings. The first-order chi connectivity index (χ1) is 10.1. The van der Waals surface area contributed by atoms with E-state index in [2.05, 4.69) is 5.32 Å².